The monoisotopic (exact) mass is 222 g/mol. The highest BCUT2D eigenvalue weighted by Crippen LogP contribution is 2.38. The molecule has 1 amide bonds. The van der Waals surface area contributed by atoms with E-state index in [9.17, 15) is 4.79 Å². The first-order valence-corrected chi connectivity index (χ1v) is 5.62. The number of nitrogens with one attached hydrogen (secondary N) is 1. The first-order chi connectivity index (χ1) is 7.50. The standard InChI is InChI=1S/C12H18N2O2/c1-8-3-6-10(16-8)7-14-11(15)12(2,13)9-4-5-9/h3,6,9H,4-5,7,13H2,1-2H3,(H,14,15). The summed E-state index contributed by atoms with van der Waals surface area (Å²) in [6, 6.07) is 3.74. The fraction of sp³-hybridized carbons (Fsp3) is 0.583. The highest BCUT2D eigenvalue weighted by molar-refractivity contribution is 5.86. The summed E-state index contributed by atoms with van der Waals surface area (Å²) in [5.74, 6) is 1.86. The molecule has 1 fully saturated rings. The van der Waals surface area contributed by atoms with Crippen LogP contribution < -0.4 is 11.1 Å². The molecule has 88 valence electrons. The first kappa shape index (κ1) is 11.2. The number of hydrogen-bond acceptors (Lipinski definition) is 3. The molecule has 1 unspecified atom stereocenters. The molecule has 16 heavy (non-hydrogen) atoms. The van der Waals surface area contributed by atoms with Gasteiger partial charge in [0.15, 0.2) is 0 Å². The zero-order chi connectivity index (χ0) is 11.8. The molecule has 1 heterocycles. The fourth-order valence-electron chi connectivity index (χ4n) is 1.81. The minimum absolute atomic E-state index is 0.0935. The Balaban J connectivity index is 1.88. The van der Waals surface area contributed by atoms with Gasteiger partial charge in [0.05, 0.1) is 12.1 Å². The molecule has 1 aliphatic carbocycles. The van der Waals surface area contributed by atoms with E-state index in [1.165, 1.54) is 0 Å². The lowest BCUT2D eigenvalue weighted by atomic mass is 9.96. The van der Waals surface area contributed by atoms with Crippen molar-refractivity contribution < 1.29 is 9.21 Å². The second kappa shape index (κ2) is 3.94. The molecule has 0 aromatic carbocycles. The van der Waals surface area contributed by atoms with Crippen LogP contribution in [0.3, 0.4) is 0 Å². The molecule has 1 atom stereocenters. The topological polar surface area (TPSA) is 68.3 Å². The highest BCUT2D eigenvalue weighted by atomic mass is 16.3. The van der Waals surface area contributed by atoms with Gasteiger partial charge in [0.1, 0.15) is 11.5 Å². The van der Waals surface area contributed by atoms with Gasteiger partial charge in [0, 0.05) is 0 Å². The van der Waals surface area contributed by atoms with E-state index in [0.717, 1.165) is 24.4 Å². The van der Waals surface area contributed by atoms with E-state index >= 15 is 0 Å². The Morgan fingerprint density at radius 2 is 2.31 bits per heavy atom. The zero-order valence-corrected chi connectivity index (χ0v) is 9.75. The Kier molecular flexibility index (Phi) is 2.76. The maximum absolute atomic E-state index is 11.8. The van der Waals surface area contributed by atoms with Crippen molar-refractivity contribution >= 4 is 5.91 Å². The molecule has 0 radical (unpaired) electrons. The largest absolute Gasteiger partial charge is 0.465 e. The predicted octanol–water partition coefficient (Wildman–Crippen LogP) is 1.33. The van der Waals surface area contributed by atoms with Gasteiger partial charge in [-0.2, -0.15) is 0 Å². The SMILES string of the molecule is Cc1ccc(CNC(=O)C(C)(N)C2CC2)o1. The van der Waals surface area contributed by atoms with Crippen molar-refractivity contribution in [2.45, 2.75) is 38.8 Å². The van der Waals surface area contributed by atoms with E-state index < -0.39 is 5.54 Å². The Labute approximate surface area is 95.2 Å². The maximum atomic E-state index is 11.8. The Hall–Kier alpha value is -1.29. The molecule has 0 bridgehead atoms. The van der Waals surface area contributed by atoms with Gasteiger partial charge >= 0.3 is 0 Å². The van der Waals surface area contributed by atoms with Crippen LogP contribution in [0.2, 0.25) is 0 Å². The summed E-state index contributed by atoms with van der Waals surface area (Å²) < 4.78 is 5.37. The molecule has 3 N–H and O–H groups in total. The zero-order valence-electron chi connectivity index (χ0n) is 9.75. The average molecular weight is 222 g/mol. The molecular weight excluding hydrogens is 204 g/mol. The van der Waals surface area contributed by atoms with E-state index in [1.54, 1.807) is 6.92 Å². The van der Waals surface area contributed by atoms with E-state index in [1.807, 2.05) is 19.1 Å². The minimum atomic E-state index is -0.734. The molecule has 2 rings (SSSR count). The second-order valence-electron chi connectivity index (χ2n) is 4.75. The number of carbonyl (C=O) groups is 1. The van der Waals surface area contributed by atoms with Crippen molar-refractivity contribution in [1.82, 2.24) is 5.32 Å². The number of amides is 1. The number of furan rings is 1. The van der Waals surface area contributed by atoms with Crippen LogP contribution >= 0.6 is 0 Å². The lowest BCUT2D eigenvalue weighted by Crippen LogP contribution is -2.53. The molecule has 1 aliphatic rings. The summed E-state index contributed by atoms with van der Waals surface area (Å²) in [4.78, 5) is 11.8. The van der Waals surface area contributed by atoms with Crippen LogP contribution in [0.1, 0.15) is 31.3 Å². The van der Waals surface area contributed by atoms with Crippen molar-refractivity contribution in [3.05, 3.63) is 23.7 Å². The quantitative estimate of drug-likeness (QED) is 0.807. The lowest BCUT2D eigenvalue weighted by molar-refractivity contribution is -0.126. The maximum Gasteiger partial charge on any atom is 0.240 e. The summed E-state index contributed by atoms with van der Waals surface area (Å²) in [5, 5.41) is 2.82. The van der Waals surface area contributed by atoms with Gasteiger partial charge in [-0.05, 0) is 44.7 Å². The summed E-state index contributed by atoms with van der Waals surface area (Å²) in [5.41, 5.74) is 5.26. The van der Waals surface area contributed by atoms with Crippen LogP contribution in [-0.4, -0.2) is 11.4 Å². The van der Waals surface area contributed by atoms with Gasteiger partial charge in [-0.15, -0.1) is 0 Å². The van der Waals surface area contributed by atoms with Crippen LogP contribution in [-0.2, 0) is 11.3 Å². The van der Waals surface area contributed by atoms with Crippen LogP contribution in [0.5, 0.6) is 0 Å². The molecule has 0 saturated heterocycles. The van der Waals surface area contributed by atoms with Gasteiger partial charge in [-0.1, -0.05) is 0 Å². The van der Waals surface area contributed by atoms with Crippen LogP contribution in [0.4, 0.5) is 0 Å². The molecule has 0 spiro atoms. The molecular formula is C12H18N2O2. The van der Waals surface area contributed by atoms with Crippen LogP contribution in [0, 0.1) is 12.8 Å². The van der Waals surface area contributed by atoms with E-state index in [-0.39, 0.29) is 5.91 Å². The van der Waals surface area contributed by atoms with Gasteiger partial charge < -0.3 is 15.5 Å². The third-order valence-corrected chi connectivity index (χ3v) is 3.13. The Bertz CT molecular complexity index is 391. The minimum Gasteiger partial charge on any atom is -0.465 e. The highest BCUT2D eigenvalue weighted by Gasteiger charge is 2.43. The second-order valence-corrected chi connectivity index (χ2v) is 4.75. The predicted molar refractivity (Wildman–Crippen MR) is 60.6 cm³/mol. The number of hydrogen-bond donors (Lipinski definition) is 2. The fourth-order valence-corrected chi connectivity index (χ4v) is 1.81. The molecule has 1 aromatic heterocycles. The number of rotatable bonds is 4. The van der Waals surface area contributed by atoms with E-state index in [2.05, 4.69) is 5.32 Å². The molecule has 0 aliphatic heterocycles. The Morgan fingerprint density at radius 1 is 1.62 bits per heavy atom. The number of aryl methyl sites for hydroxylation is 1. The van der Waals surface area contributed by atoms with Crippen molar-refractivity contribution in [1.29, 1.82) is 0 Å². The lowest BCUT2D eigenvalue weighted by Gasteiger charge is -2.22. The third-order valence-electron chi connectivity index (χ3n) is 3.13. The number of nitrogens with two attached hydrogens (primary N) is 1. The summed E-state index contributed by atoms with van der Waals surface area (Å²) in [6.07, 6.45) is 2.11. The normalized spacial score (nSPS) is 19.2. The molecule has 4 heteroatoms. The molecule has 1 aromatic rings. The van der Waals surface area contributed by atoms with E-state index in [0.29, 0.717) is 12.5 Å². The number of carbonyl (C=O) groups excluding carboxylic acids is 1. The van der Waals surface area contributed by atoms with Gasteiger partial charge in [-0.3, -0.25) is 4.79 Å². The van der Waals surface area contributed by atoms with Gasteiger partial charge in [0.2, 0.25) is 5.91 Å². The summed E-state index contributed by atoms with van der Waals surface area (Å²) in [6.45, 7) is 4.09. The first-order valence-electron chi connectivity index (χ1n) is 5.62. The van der Waals surface area contributed by atoms with Crippen molar-refractivity contribution in [3.63, 3.8) is 0 Å². The summed E-state index contributed by atoms with van der Waals surface area (Å²) >= 11 is 0. The average Bonchev–Trinajstić information content (AvgIpc) is 3.00. The van der Waals surface area contributed by atoms with Crippen LogP contribution in [0.25, 0.3) is 0 Å². The van der Waals surface area contributed by atoms with Crippen molar-refractivity contribution in [2.24, 2.45) is 11.7 Å². The smallest absolute Gasteiger partial charge is 0.240 e. The van der Waals surface area contributed by atoms with Crippen molar-refractivity contribution in [3.8, 4) is 0 Å². The van der Waals surface area contributed by atoms with E-state index in [4.69, 9.17) is 10.2 Å². The van der Waals surface area contributed by atoms with Crippen LogP contribution in [0.15, 0.2) is 16.5 Å². The van der Waals surface area contributed by atoms with Gasteiger partial charge in [-0.25, -0.2) is 0 Å². The third kappa shape index (κ3) is 2.27. The molecule has 4 nitrogen and oxygen atoms in total. The summed E-state index contributed by atoms with van der Waals surface area (Å²) in [7, 11) is 0. The molecule has 1 saturated carbocycles. The van der Waals surface area contributed by atoms with Crippen molar-refractivity contribution in [2.75, 3.05) is 0 Å². The Morgan fingerprint density at radius 3 is 2.81 bits per heavy atom. The van der Waals surface area contributed by atoms with Gasteiger partial charge in [0.25, 0.3) is 0 Å².